The first kappa shape index (κ1) is 21.2. The van der Waals surface area contributed by atoms with E-state index in [1.807, 2.05) is 37.3 Å². The van der Waals surface area contributed by atoms with Crippen molar-refractivity contribution in [1.29, 1.82) is 0 Å². The highest BCUT2D eigenvalue weighted by Gasteiger charge is 2.05. The van der Waals surface area contributed by atoms with Crippen LogP contribution in [0.5, 0.6) is 0 Å². The van der Waals surface area contributed by atoms with E-state index in [0.717, 1.165) is 52.6 Å². The van der Waals surface area contributed by atoms with Crippen molar-refractivity contribution in [2.24, 2.45) is 0 Å². The molecule has 2 aromatic carbocycles. The van der Waals surface area contributed by atoms with E-state index in [9.17, 15) is 0 Å². The van der Waals surface area contributed by atoms with Crippen LogP contribution in [0.1, 0.15) is 59.6 Å². The van der Waals surface area contributed by atoms with Crippen molar-refractivity contribution in [1.82, 2.24) is 0 Å². The maximum Gasteiger partial charge on any atom is 0.0431 e. The van der Waals surface area contributed by atoms with Crippen LogP contribution in [0.2, 0.25) is 0 Å². The lowest BCUT2D eigenvalue weighted by molar-refractivity contribution is 0.285. The molecule has 1 nitrogen and oxygen atoms in total. The Morgan fingerprint density at radius 3 is 2.25 bits per heavy atom. The number of hydrogen-bond donors (Lipinski definition) is 1. The third-order valence-electron chi connectivity index (χ3n) is 4.42. The molecule has 1 heteroatoms. The predicted octanol–water partition coefficient (Wildman–Crippen LogP) is 6.69. The van der Waals surface area contributed by atoms with E-state index in [1.165, 1.54) is 0 Å². The maximum atomic E-state index is 8.78. The van der Waals surface area contributed by atoms with E-state index in [1.54, 1.807) is 0 Å². The van der Waals surface area contributed by atoms with Gasteiger partial charge in [-0.05, 0) is 59.7 Å². The van der Waals surface area contributed by atoms with Gasteiger partial charge >= 0.3 is 0 Å². The monoisotopic (exact) mass is 368 g/mol. The first-order chi connectivity index (χ1) is 13.7. The molecule has 0 bridgehead atoms. The predicted molar refractivity (Wildman–Crippen MR) is 125 cm³/mol. The van der Waals surface area contributed by atoms with Gasteiger partial charge in [0.1, 0.15) is 0 Å². The molecule has 142 valence electrons. The first-order valence-corrected chi connectivity index (χ1v) is 9.66. The molecule has 28 heavy (non-hydrogen) atoms. The second-order valence-electron chi connectivity index (χ2n) is 6.42. The van der Waals surface area contributed by atoms with Gasteiger partial charge in [0.15, 0.2) is 0 Å². The Balaban J connectivity index is 2.19. The van der Waals surface area contributed by atoms with Gasteiger partial charge in [-0.3, -0.25) is 0 Å². The van der Waals surface area contributed by atoms with Crippen LogP contribution in [0.4, 0.5) is 0 Å². The van der Waals surface area contributed by atoms with Crippen LogP contribution in [-0.4, -0.2) is 11.7 Å². The summed E-state index contributed by atoms with van der Waals surface area (Å²) in [5.41, 5.74) is 6.62. The van der Waals surface area contributed by atoms with E-state index in [0.29, 0.717) is 0 Å². The molecule has 0 aliphatic heterocycles. The molecule has 0 unspecified atom stereocenters. The van der Waals surface area contributed by atoms with Crippen molar-refractivity contribution in [3.63, 3.8) is 0 Å². The average molecular weight is 369 g/mol. The minimum Gasteiger partial charge on any atom is -0.396 e. The highest BCUT2D eigenvalue weighted by molar-refractivity contribution is 5.82. The van der Waals surface area contributed by atoms with Crippen LogP contribution in [0.15, 0.2) is 55.6 Å². The summed E-state index contributed by atoms with van der Waals surface area (Å²) < 4.78 is 0. The summed E-state index contributed by atoms with van der Waals surface area (Å²) in [6.07, 6.45) is 14.7. The lowest BCUT2D eigenvalue weighted by atomic mass is 9.94. The van der Waals surface area contributed by atoms with E-state index < -0.39 is 0 Å². The van der Waals surface area contributed by atoms with Gasteiger partial charge in [-0.2, -0.15) is 0 Å². The highest BCUT2D eigenvalue weighted by atomic mass is 16.2. The Labute approximate surface area is 169 Å². The molecule has 0 aromatic heterocycles. The number of unbranched alkanes of at least 4 members (excludes halogenated alkanes) is 2. The average Bonchev–Trinajstić information content (AvgIpc) is 2.73. The van der Waals surface area contributed by atoms with Gasteiger partial charge in [0.05, 0.1) is 0 Å². The summed E-state index contributed by atoms with van der Waals surface area (Å²) in [7, 11) is 0. The molecule has 0 saturated carbocycles. The van der Waals surface area contributed by atoms with Gasteiger partial charge < -0.3 is 5.11 Å². The Kier molecular flexibility index (Phi) is 8.79. The number of aliphatic hydroxyl groups excluding tert-OH is 1. The van der Waals surface area contributed by atoms with E-state index in [-0.39, 0.29) is 6.61 Å². The summed E-state index contributed by atoms with van der Waals surface area (Å²) in [4.78, 5) is 0. The van der Waals surface area contributed by atoms with Crippen LogP contribution in [-0.2, 0) is 0 Å². The number of rotatable bonds is 8. The smallest absolute Gasteiger partial charge is 0.0431 e. The van der Waals surface area contributed by atoms with E-state index in [4.69, 9.17) is 5.11 Å². The van der Waals surface area contributed by atoms with Crippen LogP contribution >= 0.6 is 0 Å². The fourth-order valence-corrected chi connectivity index (χ4v) is 2.93. The SMILES string of the molecule is C=Cc1ccc(/C=C/c2ccc(C#CCCCCO)cc2)c(/C=C\C)c1C=C. The van der Waals surface area contributed by atoms with Crippen LogP contribution in [0.3, 0.4) is 0 Å². The topological polar surface area (TPSA) is 20.2 Å². The Morgan fingerprint density at radius 1 is 0.857 bits per heavy atom. The van der Waals surface area contributed by atoms with Crippen molar-refractivity contribution in [3.8, 4) is 11.8 Å². The molecule has 2 rings (SSSR count). The highest BCUT2D eigenvalue weighted by Crippen LogP contribution is 2.25. The molecule has 1 N–H and O–H groups in total. The molecular formula is C27H28O. The van der Waals surface area contributed by atoms with Crippen molar-refractivity contribution < 1.29 is 5.11 Å². The number of allylic oxidation sites excluding steroid dienone is 1. The van der Waals surface area contributed by atoms with Gasteiger partial charge in [-0.25, -0.2) is 0 Å². The fourth-order valence-electron chi connectivity index (χ4n) is 2.93. The molecule has 0 aliphatic carbocycles. The minimum atomic E-state index is 0.239. The number of benzene rings is 2. The Morgan fingerprint density at radius 2 is 1.61 bits per heavy atom. The fraction of sp³-hybridized carbons (Fsp3) is 0.185. The quantitative estimate of drug-likeness (QED) is 0.313. The summed E-state index contributed by atoms with van der Waals surface area (Å²) >= 11 is 0. The van der Waals surface area contributed by atoms with Gasteiger partial charge in [-0.15, -0.1) is 0 Å². The van der Waals surface area contributed by atoms with Gasteiger partial charge in [-0.1, -0.05) is 85.7 Å². The second kappa shape index (κ2) is 11.6. The summed E-state index contributed by atoms with van der Waals surface area (Å²) in [5.74, 6) is 6.33. The normalized spacial score (nSPS) is 10.8. The minimum absolute atomic E-state index is 0.239. The maximum absolute atomic E-state index is 8.78. The summed E-state index contributed by atoms with van der Waals surface area (Å²) in [6, 6.07) is 12.4. The molecule has 0 spiro atoms. The molecule has 0 atom stereocenters. The van der Waals surface area contributed by atoms with Crippen LogP contribution < -0.4 is 0 Å². The molecule has 0 heterocycles. The molecule has 0 amide bonds. The third kappa shape index (κ3) is 5.98. The standard InChI is InChI=1S/C27H28O/c1-4-11-27-25(20-19-24(5-2)26(27)6-3)18-17-23-15-13-22(14-16-23)12-9-7-8-10-21-28/h4-6,11,13-20,28H,2-3,7-8,10,21H2,1H3/b11-4-,18-17+. The van der Waals surface area contributed by atoms with Gasteiger partial charge in [0, 0.05) is 18.6 Å². The zero-order valence-electron chi connectivity index (χ0n) is 16.6. The molecule has 0 radical (unpaired) electrons. The third-order valence-corrected chi connectivity index (χ3v) is 4.42. The van der Waals surface area contributed by atoms with Crippen molar-refractivity contribution in [2.45, 2.75) is 26.2 Å². The first-order valence-electron chi connectivity index (χ1n) is 9.66. The molecule has 0 saturated heterocycles. The lowest BCUT2D eigenvalue weighted by Crippen LogP contribution is -1.90. The van der Waals surface area contributed by atoms with Gasteiger partial charge in [0.2, 0.25) is 0 Å². The molecule has 0 fully saturated rings. The van der Waals surface area contributed by atoms with Crippen LogP contribution in [0, 0.1) is 11.8 Å². The number of aliphatic hydroxyl groups is 1. The zero-order valence-corrected chi connectivity index (χ0v) is 16.6. The Bertz CT molecular complexity index is 915. The van der Waals surface area contributed by atoms with Crippen molar-refractivity contribution in [2.75, 3.05) is 6.61 Å². The molecular weight excluding hydrogens is 340 g/mol. The lowest BCUT2D eigenvalue weighted by Gasteiger charge is -2.10. The van der Waals surface area contributed by atoms with Crippen LogP contribution in [0.25, 0.3) is 30.4 Å². The molecule has 2 aromatic rings. The summed E-state index contributed by atoms with van der Waals surface area (Å²) in [6.45, 7) is 10.1. The molecule has 0 aliphatic rings. The van der Waals surface area contributed by atoms with Crippen molar-refractivity contribution in [3.05, 3.63) is 89.0 Å². The van der Waals surface area contributed by atoms with Crippen molar-refractivity contribution >= 4 is 30.4 Å². The van der Waals surface area contributed by atoms with E-state index in [2.05, 4.69) is 67.5 Å². The number of hydrogen-bond acceptors (Lipinski definition) is 1. The van der Waals surface area contributed by atoms with Gasteiger partial charge in [0.25, 0.3) is 0 Å². The largest absolute Gasteiger partial charge is 0.396 e. The van der Waals surface area contributed by atoms with E-state index >= 15 is 0 Å². The second-order valence-corrected chi connectivity index (χ2v) is 6.42. The zero-order chi connectivity index (χ0) is 20.2. The Hall–Kier alpha value is -3.08. The summed E-state index contributed by atoms with van der Waals surface area (Å²) in [5, 5.41) is 8.78.